The summed E-state index contributed by atoms with van der Waals surface area (Å²) in [6.07, 6.45) is 3.26. The van der Waals surface area contributed by atoms with E-state index in [1.165, 1.54) is 5.69 Å². The molecule has 0 fully saturated rings. The Morgan fingerprint density at radius 3 is 2.91 bits per heavy atom. The summed E-state index contributed by atoms with van der Waals surface area (Å²) < 4.78 is 1.84. The van der Waals surface area contributed by atoms with E-state index in [-0.39, 0.29) is 6.10 Å². The van der Waals surface area contributed by atoms with Gasteiger partial charge in [0.15, 0.2) is 0 Å². The number of hydrogen-bond donors (Lipinski definition) is 1. The first kappa shape index (κ1) is 8.27. The lowest BCUT2D eigenvalue weighted by Crippen LogP contribution is -2.04. The summed E-state index contributed by atoms with van der Waals surface area (Å²) in [6, 6.07) is 1.97. The van der Waals surface area contributed by atoms with Crippen LogP contribution < -0.4 is 0 Å². The predicted octanol–water partition coefficient (Wildman–Crippen LogP) is 0.734. The van der Waals surface area contributed by atoms with Crippen LogP contribution in [0.25, 0.3) is 0 Å². The fourth-order valence-electron chi connectivity index (χ4n) is 1.00. The first-order valence-corrected chi connectivity index (χ1v) is 3.85. The Kier molecular flexibility index (Phi) is 2.65. The van der Waals surface area contributed by atoms with Crippen molar-refractivity contribution in [1.29, 1.82) is 0 Å². The molecular weight excluding hydrogens is 140 g/mol. The van der Waals surface area contributed by atoms with Crippen LogP contribution in [0.2, 0.25) is 0 Å². The van der Waals surface area contributed by atoms with Gasteiger partial charge in [0, 0.05) is 18.9 Å². The van der Waals surface area contributed by atoms with Gasteiger partial charge in [-0.1, -0.05) is 0 Å². The molecule has 0 saturated carbocycles. The standard InChI is InChI=1S/C8H14N2O/c1-7(11)3-4-8-5-6-9-10(8)2/h5-7,11H,3-4H2,1-2H3/t7-/m0/s1. The Balaban J connectivity index is 2.44. The average Bonchev–Trinajstić information content (AvgIpc) is 2.31. The van der Waals surface area contributed by atoms with Crippen LogP contribution in [-0.2, 0) is 13.5 Å². The molecule has 62 valence electrons. The largest absolute Gasteiger partial charge is 0.393 e. The first-order valence-electron chi connectivity index (χ1n) is 3.85. The van der Waals surface area contributed by atoms with Gasteiger partial charge in [-0.25, -0.2) is 0 Å². The molecule has 1 rings (SSSR count). The monoisotopic (exact) mass is 154 g/mol. The molecule has 1 aromatic heterocycles. The molecule has 0 radical (unpaired) electrons. The number of nitrogens with zero attached hydrogens (tertiary/aromatic N) is 2. The van der Waals surface area contributed by atoms with Gasteiger partial charge in [-0.2, -0.15) is 5.10 Å². The number of hydrogen-bond acceptors (Lipinski definition) is 2. The van der Waals surface area contributed by atoms with E-state index in [2.05, 4.69) is 5.10 Å². The molecule has 0 aliphatic carbocycles. The van der Waals surface area contributed by atoms with Crippen molar-refractivity contribution in [3.63, 3.8) is 0 Å². The summed E-state index contributed by atoms with van der Waals surface area (Å²) >= 11 is 0. The smallest absolute Gasteiger partial charge is 0.0515 e. The molecule has 1 atom stereocenters. The van der Waals surface area contributed by atoms with Crippen LogP contribution in [0.3, 0.4) is 0 Å². The minimum absolute atomic E-state index is 0.218. The molecule has 0 aromatic carbocycles. The normalized spacial score (nSPS) is 13.4. The van der Waals surface area contributed by atoms with E-state index < -0.39 is 0 Å². The number of aryl methyl sites for hydroxylation is 2. The Hall–Kier alpha value is -0.830. The summed E-state index contributed by atoms with van der Waals surface area (Å²) in [5.74, 6) is 0. The third-order valence-electron chi connectivity index (χ3n) is 1.74. The van der Waals surface area contributed by atoms with Crippen molar-refractivity contribution in [2.24, 2.45) is 7.05 Å². The van der Waals surface area contributed by atoms with E-state index in [0.29, 0.717) is 0 Å². The molecule has 1 heterocycles. The molecule has 1 aromatic rings. The van der Waals surface area contributed by atoms with Crippen molar-refractivity contribution in [1.82, 2.24) is 9.78 Å². The highest BCUT2D eigenvalue weighted by atomic mass is 16.3. The third-order valence-corrected chi connectivity index (χ3v) is 1.74. The number of aromatic nitrogens is 2. The maximum absolute atomic E-state index is 9.01. The zero-order valence-electron chi connectivity index (χ0n) is 6.99. The fraction of sp³-hybridized carbons (Fsp3) is 0.625. The van der Waals surface area contributed by atoms with Gasteiger partial charge in [-0.3, -0.25) is 4.68 Å². The van der Waals surface area contributed by atoms with Crippen LogP contribution in [0.15, 0.2) is 12.3 Å². The Morgan fingerprint density at radius 2 is 2.45 bits per heavy atom. The van der Waals surface area contributed by atoms with Crippen molar-refractivity contribution >= 4 is 0 Å². The highest BCUT2D eigenvalue weighted by Gasteiger charge is 2.00. The second-order valence-electron chi connectivity index (χ2n) is 2.83. The molecule has 0 aliphatic rings. The van der Waals surface area contributed by atoms with Gasteiger partial charge in [-0.05, 0) is 25.8 Å². The zero-order valence-corrected chi connectivity index (χ0v) is 6.99. The van der Waals surface area contributed by atoms with Gasteiger partial charge in [0.25, 0.3) is 0 Å². The van der Waals surface area contributed by atoms with Crippen molar-refractivity contribution in [2.45, 2.75) is 25.9 Å². The van der Waals surface area contributed by atoms with Gasteiger partial charge >= 0.3 is 0 Å². The summed E-state index contributed by atoms with van der Waals surface area (Å²) in [4.78, 5) is 0. The van der Waals surface area contributed by atoms with Crippen molar-refractivity contribution in [3.8, 4) is 0 Å². The summed E-state index contributed by atoms with van der Waals surface area (Å²) in [5, 5.41) is 13.0. The van der Waals surface area contributed by atoms with Crippen molar-refractivity contribution in [2.75, 3.05) is 0 Å². The average molecular weight is 154 g/mol. The molecule has 3 nitrogen and oxygen atoms in total. The van der Waals surface area contributed by atoms with Crippen LogP contribution in [0, 0.1) is 0 Å². The first-order chi connectivity index (χ1) is 5.20. The maximum atomic E-state index is 9.01. The van der Waals surface area contributed by atoms with Gasteiger partial charge < -0.3 is 5.11 Å². The Labute approximate surface area is 66.7 Å². The van der Waals surface area contributed by atoms with Crippen LogP contribution in [-0.4, -0.2) is 21.0 Å². The van der Waals surface area contributed by atoms with E-state index in [1.54, 1.807) is 13.1 Å². The molecule has 0 aliphatic heterocycles. The third kappa shape index (κ3) is 2.35. The van der Waals surface area contributed by atoms with E-state index in [1.807, 2.05) is 17.8 Å². The molecule has 3 heteroatoms. The summed E-state index contributed by atoms with van der Waals surface area (Å²) in [6.45, 7) is 1.80. The topological polar surface area (TPSA) is 38.1 Å². The SMILES string of the molecule is C[C@H](O)CCc1ccnn1C. The molecule has 0 amide bonds. The lowest BCUT2D eigenvalue weighted by Gasteiger charge is -2.03. The second kappa shape index (κ2) is 3.53. The maximum Gasteiger partial charge on any atom is 0.0515 e. The minimum atomic E-state index is -0.218. The molecule has 0 spiro atoms. The number of aliphatic hydroxyl groups excluding tert-OH is 1. The minimum Gasteiger partial charge on any atom is -0.393 e. The van der Waals surface area contributed by atoms with Crippen LogP contribution in [0.1, 0.15) is 19.0 Å². The summed E-state index contributed by atoms with van der Waals surface area (Å²) in [5.41, 5.74) is 1.17. The molecule has 0 bridgehead atoms. The Morgan fingerprint density at radius 1 is 1.73 bits per heavy atom. The highest BCUT2D eigenvalue weighted by molar-refractivity contribution is 4.99. The van der Waals surface area contributed by atoms with Gasteiger partial charge in [0.05, 0.1) is 6.10 Å². The lowest BCUT2D eigenvalue weighted by molar-refractivity contribution is 0.184. The predicted molar refractivity (Wildman–Crippen MR) is 43.2 cm³/mol. The van der Waals surface area contributed by atoms with Gasteiger partial charge in [0.1, 0.15) is 0 Å². The van der Waals surface area contributed by atoms with Crippen LogP contribution >= 0.6 is 0 Å². The fourth-order valence-corrected chi connectivity index (χ4v) is 1.00. The number of rotatable bonds is 3. The molecule has 0 saturated heterocycles. The second-order valence-corrected chi connectivity index (χ2v) is 2.83. The lowest BCUT2D eigenvalue weighted by atomic mass is 10.2. The quantitative estimate of drug-likeness (QED) is 0.697. The molecule has 11 heavy (non-hydrogen) atoms. The van der Waals surface area contributed by atoms with E-state index in [0.717, 1.165) is 12.8 Å². The van der Waals surface area contributed by atoms with Crippen LogP contribution in [0.5, 0.6) is 0 Å². The highest BCUT2D eigenvalue weighted by Crippen LogP contribution is 2.02. The van der Waals surface area contributed by atoms with Gasteiger partial charge in [-0.15, -0.1) is 0 Å². The molecule has 0 unspecified atom stereocenters. The van der Waals surface area contributed by atoms with Gasteiger partial charge in [0.2, 0.25) is 0 Å². The molecule has 1 N–H and O–H groups in total. The van der Waals surface area contributed by atoms with E-state index in [4.69, 9.17) is 5.11 Å². The van der Waals surface area contributed by atoms with Crippen molar-refractivity contribution in [3.05, 3.63) is 18.0 Å². The number of aliphatic hydroxyl groups is 1. The van der Waals surface area contributed by atoms with E-state index >= 15 is 0 Å². The summed E-state index contributed by atoms with van der Waals surface area (Å²) in [7, 11) is 1.91. The molecular formula is C8H14N2O. The Bertz CT molecular complexity index is 218. The van der Waals surface area contributed by atoms with Crippen molar-refractivity contribution < 1.29 is 5.11 Å². The van der Waals surface area contributed by atoms with Crippen LogP contribution in [0.4, 0.5) is 0 Å². The zero-order chi connectivity index (χ0) is 8.27. The van der Waals surface area contributed by atoms with E-state index in [9.17, 15) is 0 Å².